The Labute approximate surface area is 156 Å². The molecule has 0 aliphatic carbocycles. The number of halogens is 3. The monoisotopic (exact) mass is 403 g/mol. The van der Waals surface area contributed by atoms with E-state index in [1.807, 2.05) is 0 Å². The van der Waals surface area contributed by atoms with Crippen molar-refractivity contribution in [2.45, 2.75) is 23.6 Å². The van der Waals surface area contributed by atoms with Gasteiger partial charge in [0.1, 0.15) is 6.54 Å². The average Bonchev–Trinajstić information content (AvgIpc) is 3.02. The van der Waals surface area contributed by atoms with E-state index in [0.29, 0.717) is 32.1 Å². The number of alkyl halides is 3. The first-order valence-electron chi connectivity index (χ1n) is 8.02. The Morgan fingerprint density at radius 2 is 1.85 bits per heavy atom. The van der Waals surface area contributed by atoms with Gasteiger partial charge in [-0.2, -0.15) is 13.2 Å². The van der Waals surface area contributed by atoms with Crippen molar-refractivity contribution in [3.05, 3.63) is 39.9 Å². The van der Waals surface area contributed by atoms with Crippen molar-refractivity contribution in [3.8, 4) is 0 Å². The number of ether oxygens (including phenoxy) is 1. The first-order valence-corrected chi connectivity index (χ1v) is 9.01. The van der Waals surface area contributed by atoms with E-state index in [4.69, 9.17) is 4.74 Å². The van der Waals surface area contributed by atoms with E-state index >= 15 is 0 Å². The lowest BCUT2D eigenvalue weighted by atomic mass is 10.2. The summed E-state index contributed by atoms with van der Waals surface area (Å²) in [4.78, 5) is 11.9. The van der Waals surface area contributed by atoms with Crippen LogP contribution in [0.25, 0.3) is 0 Å². The van der Waals surface area contributed by atoms with Gasteiger partial charge in [0.2, 0.25) is 5.95 Å². The Bertz CT molecular complexity index is 791. The summed E-state index contributed by atoms with van der Waals surface area (Å²) in [5.41, 5.74) is 0.693. The van der Waals surface area contributed by atoms with Crippen molar-refractivity contribution >= 4 is 23.4 Å². The quantitative estimate of drug-likeness (QED) is 0.416. The molecule has 12 heteroatoms. The van der Waals surface area contributed by atoms with Gasteiger partial charge in [0, 0.05) is 31.0 Å². The van der Waals surface area contributed by atoms with Crippen molar-refractivity contribution in [1.29, 1.82) is 0 Å². The number of morpholine rings is 1. The number of rotatable bonds is 6. The lowest BCUT2D eigenvalue weighted by molar-refractivity contribution is -0.384. The van der Waals surface area contributed by atoms with Gasteiger partial charge >= 0.3 is 6.18 Å². The van der Waals surface area contributed by atoms with Crippen LogP contribution in [0.3, 0.4) is 0 Å². The number of thioether (sulfide) groups is 1. The summed E-state index contributed by atoms with van der Waals surface area (Å²) in [7, 11) is 0. The summed E-state index contributed by atoms with van der Waals surface area (Å²) in [6.45, 7) is 0.551. The summed E-state index contributed by atoms with van der Waals surface area (Å²) in [5, 5.41) is 18.7. The third-order valence-electron chi connectivity index (χ3n) is 3.84. The number of nitro benzene ring substituents is 1. The lowest BCUT2D eigenvalue weighted by Crippen LogP contribution is -2.38. The van der Waals surface area contributed by atoms with E-state index in [-0.39, 0.29) is 16.8 Å². The van der Waals surface area contributed by atoms with E-state index in [1.165, 1.54) is 12.1 Å². The van der Waals surface area contributed by atoms with Crippen LogP contribution in [0.2, 0.25) is 0 Å². The van der Waals surface area contributed by atoms with Crippen LogP contribution in [-0.2, 0) is 17.0 Å². The molecule has 1 fully saturated rings. The van der Waals surface area contributed by atoms with Gasteiger partial charge in [0.05, 0.1) is 18.1 Å². The SMILES string of the molecule is O=[N+]([O-])c1ccc(CSc2nnc(N3CCOCC3)n2CC(F)(F)F)cc1. The van der Waals surface area contributed by atoms with Gasteiger partial charge in [0.25, 0.3) is 5.69 Å². The maximum Gasteiger partial charge on any atom is 0.406 e. The molecule has 1 saturated heterocycles. The second-order valence-electron chi connectivity index (χ2n) is 5.80. The number of non-ortho nitro benzene ring substituents is 1. The number of nitro groups is 1. The second kappa shape index (κ2) is 8.13. The molecule has 0 N–H and O–H groups in total. The highest BCUT2D eigenvalue weighted by Gasteiger charge is 2.32. The van der Waals surface area contributed by atoms with Crippen LogP contribution in [0.5, 0.6) is 0 Å². The van der Waals surface area contributed by atoms with Gasteiger partial charge < -0.3 is 9.64 Å². The number of nitrogens with zero attached hydrogens (tertiary/aromatic N) is 5. The number of benzene rings is 1. The van der Waals surface area contributed by atoms with Crippen LogP contribution in [0.15, 0.2) is 29.4 Å². The highest BCUT2D eigenvalue weighted by atomic mass is 32.2. The molecule has 0 radical (unpaired) electrons. The fourth-order valence-electron chi connectivity index (χ4n) is 2.56. The van der Waals surface area contributed by atoms with Crippen LogP contribution >= 0.6 is 11.8 Å². The maximum atomic E-state index is 13.0. The molecule has 1 aromatic carbocycles. The van der Waals surface area contributed by atoms with Gasteiger partial charge in [-0.25, -0.2) is 0 Å². The summed E-state index contributed by atoms with van der Waals surface area (Å²) in [5.74, 6) is 0.485. The second-order valence-corrected chi connectivity index (χ2v) is 6.74. The largest absolute Gasteiger partial charge is 0.406 e. The zero-order chi connectivity index (χ0) is 19.4. The first kappa shape index (κ1) is 19.4. The summed E-state index contributed by atoms with van der Waals surface area (Å²) in [6, 6.07) is 5.85. The number of hydrogen-bond donors (Lipinski definition) is 0. The van der Waals surface area contributed by atoms with Crippen LogP contribution < -0.4 is 4.90 Å². The van der Waals surface area contributed by atoms with Crippen LogP contribution in [0.4, 0.5) is 24.8 Å². The molecule has 146 valence electrons. The van der Waals surface area contributed by atoms with E-state index in [9.17, 15) is 23.3 Å². The van der Waals surface area contributed by atoms with Crippen molar-refractivity contribution < 1.29 is 22.8 Å². The molecule has 3 rings (SSSR count). The molecule has 0 amide bonds. The molecule has 1 aliphatic rings. The Balaban J connectivity index is 1.77. The summed E-state index contributed by atoms with van der Waals surface area (Å²) < 4.78 is 45.4. The molecule has 0 spiro atoms. The summed E-state index contributed by atoms with van der Waals surface area (Å²) >= 11 is 1.10. The molecule has 2 heterocycles. The van der Waals surface area contributed by atoms with Crippen molar-refractivity contribution in [2.24, 2.45) is 0 Å². The van der Waals surface area contributed by atoms with E-state index in [2.05, 4.69) is 10.2 Å². The van der Waals surface area contributed by atoms with E-state index < -0.39 is 17.6 Å². The van der Waals surface area contributed by atoms with Crippen molar-refractivity contribution in [1.82, 2.24) is 14.8 Å². The minimum absolute atomic E-state index is 0.0430. The minimum Gasteiger partial charge on any atom is -0.378 e. The molecule has 8 nitrogen and oxygen atoms in total. The molecule has 0 bridgehead atoms. The van der Waals surface area contributed by atoms with Crippen molar-refractivity contribution in [2.75, 3.05) is 31.2 Å². The molecular formula is C15H16F3N5O3S. The molecule has 1 aliphatic heterocycles. The molecule has 27 heavy (non-hydrogen) atoms. The fraction of sp³-hybridized carbons (Fsp3) is 0.467. The highest BCUT2D eigenvalue weighted by Crippen LogP contribution is 2.29. The molecule has 2 aromatic rings. The third kappa shape index (κ3) is 5.10. The normalized spacial score (nSPS) is 15.1. The first-order chi connectivity index (χ1) is 12.8. The molecular weight excluding hydrogens is 387 g/mol. The molecule has 0 atom stereocenters. The molecule has 0 saturated carbocycles. The Kier molecular flexibility index (Phi) is 5.85. The van der Waals surface area contributed by atoms with Gasteiger partial charge in [-0.1, -0.05) is 23.9 Å². The highest BCUT2D eigenvalue weighted by molar-refractivity contribution is 7.98. The fourth-order valence-corrected chi connectivity index (χ4v) is 3.45. The Morgan fingerprint density at radius 1 is 1.19 bits per heavy atom. The predicted octanol–water partition coefficient (Wildman–Crippen LogP) is 2.88. The van der Waals surface area contributed by atoms with Gasteiger partial charge in [-0.05, 0) is 5.56 Å². The van der Waals surface area contributed by atoms with Gasteiger partial charge in [-0.15, -0.1) is 10.2 Å². The van der Waals surface area contributed by atoms with E-state index in [0.717, 1.165) is 21.9 Å². The molecule has 1 aromatic heterocycles. The van der Waals surface area contributed by atoms with Crippen LogP contribution in [0.1, 0.15) is 5.56 Å². The number of anilines is 1. The number of aromatic nitrogens is 3. The van der Waals surface area contributed by atoms with Gasteiger partial charge in [0.15, 0.2) is 5.16 Å². The number of hydrogen-bond acceptors (Lipinski definition) is 7. The maximum absolute atomic E-state index is 13.0. The zero-order valence-electron chi connectivity index (χ0n) is 14.1. The van der Waals surface area contributed by atoms with Crippen molar-refractivity contribution in [3.63, 3.8) is 0 Å². The smallest absolute Gasteiger partial charge is 0.378 e. The lowest BCUT2D eigenvalue weighted by Gasteiger charge is -2.28. The zero-order valence-corrected chi connectivity index (χ0v) is 14.9. The van der Waals surface area contributed by atoms with Gasteiger partial charge in [-0.3, -0.25) is 14.7 Å². The average molecular weight is 403 g/mol. The minimum atomic E-state index is -4.41. The topological polar surface area (TPSA) is 86.3 Å². The Hall–Kier alpha value is -2.34. The summed E-state index contributed by atoms with van der Waals surface area (Å²) in [6.07, 6.45) is -4.41. The van der Waals surface area contributed by atoms with Crippen LogP contribution in [0, 0.1) is 10.1 Å². The van der Waals surface area contributed by atoms with E-state index in [1.54, 1.807) is 17.0 Å². The molecule has 0 unspecified atom stereocenters. The third-order valence-corrected chi connectivity index (χ3v) is 4.88. The predicted molar refractivity (Wildman–Crippen MR) is 91.8 cm³/mol. The standard InChI is InChI=1S/C15H16F3N5O3S/c16-15(17,18)10-22-13(21-5-7-26-8-6-21)19-20-14(22)27-9-11-1-3-12(4-2-11)23(24)25/h1-4H,5-10H2. The van der Waals surface area contributed by atoms with Crippen LogP contribution in [-0.4, -0.2) is 52.2 Å². The Morgan fingerprint density at radius 3 is 2.44 bits per heavy atom.